The van der Waals surface area contributed by atoms with E-state index in [1.165, 1.54) is 12.1 Å². The van der Waals surface area contributed by atoms with Gasteiger partial charge in [0.15, 0.2) is 0 Å². The average Bonchev–Trinajstić information content (AvgIpc) is 3.15. The first-order valence-corrected chi connectivity index (χ1v) is 10.7. The van der Waals surface area contributed by atoms with Crippen molar-refractivity contribution in [2.45, 2.75) is 25.3 Å². The van der Waals surface area contributed by atoms with Crippen LogP contribution in [0.2, 0.25) is 0 Å². The van der Waals surface area contributed by atoms with E-state index in [1.807, 2.05) is 24.3 Å². The molecule has 3 aromatic carbocycles. The molecule has 7 heteroatoms. The molecule has 4 rings (SSSR count). The highest BCUT2D eigenvalue weighted by atomic mass is 16.5. The summed E-state index contributed by atoms with van der Waals surface area (Å²) in [5, 5.41) is 14.2. The van der Waals surface area contributed by atoms with Gasteiger partial charge >= 0.3 is 12.1 Å². The van der Waals surface area contributed by atoms with Gasteiger partial charge in [0.05, 0.1) is 0 Å². The van der Waals surface area contributed by atoms with E-state index >= 15 is 0 Å². The number of rotatable bonds is 7. The topological polar surface area (TPSA) is 105 Å². The molecule has 2 amide bonds. The van der Waals surface area contributed by atoms with Crippen LogP contribution in [0.3, 0.4) is 0 Å². The molecule has 0 saturated carbocycles. The minimum Gasteiger partial charge on any atom is -0.480 e. The Bertz CT molecular complexity index is 1140. The fourth-order valence-corrected chi connectivity index (χ4v) is 4.04. The van der Waals surface area contributed by atoms with Crippen LogP contribution in [0.4, 0.5) is 10.5 Å². The number of aliphatic carboxylic acids is 1. The van der Waals surface area contributed by atoms with Crippen molar-refractivity contribution in [1.29, 1.82) is 0 Å². The van der Waals surface area contributed by atoms with Gasteiger partial charge in [0, 0.05) is 17.2 Å². The number of hydrogen-bond acceptors (Lipinski definition) is 4. The van der Waals surface area contributed by atoms with Gasteiger partial charge in [-0.3, -0.25) is 10.1 Å². The molecule has 0 bridgehead atoms. The molecule has 1 atom stereocenters. The molecule has 33 heavy (non-hydrogen) atoms. The van der Waals surface area contributed by atoms with E-state index < -0.39 is 24.0 Å². The van der Waals surface area contributed by atoms with Gasteiger partial charge in [0.25, 0.3) is 5.91 Å². The number of hydrogen-bond donors (Lipinski definition) is 3. The molecular formula is C26H24N2O5. The molecule has 0 saturated heterocycles. The van der Waals surface area contributed by atoms with Crippen molar-refractivity contribution in [3.05, 3.63) is 89.5 Å². The monoisotopic (exact) mass is 444 g/mol. The number of ether oxygens (including phenoxy) is 1. The minimum absolute atomic E-state index is 0.0324. The van der Waals surface area contributed by atoms with Gasteiger partial charge in [-0.05, 0) is 52.9 Å². The summed E-state index contributed by atoms with van der Waals surface area (Å²) < 4.78 is 5.52. The maximum Gasteiger partial charge on any atom is 0.411 e. The maximum atomic E-state index is 12.4. The van der Waals surface area contributed by atoms with Crippen LogP contribution >= 0.6 is 0 Å². The molecule has 0 spiro atoms. The number of carboxylic acid groups (broad SMARTS) is 1. The fraction of sp³-hybridized carbons (Fsp3) is 0.192. The molecule has 0 aliphatic heterocycles. The molecule has 1 aliphatic rings. The first-order chi connectivity index (χ1) is 16.0. The van der Waals surface area contributed by atoms with Crippen molar-refractivity contribution in [1.82, 2.24) is 5.32 Å². The number of anilines is 1. The smallest absolute Gasteiger partial charge is 0.411 e. The Morgan fingerprint density at radius 3 is 2.03 bits per heavy atom. The summed E-state index contributed by atoms with van der Waals surface area (Å²) in [5.41, 5.74) is 5.34. The van der Waals surface area contributed by atoms with Crippen LogP contribution in [0.15, 0.2) is 72.8 Å². The number of fused-ring (bicyclic) bond motifs is 3. The van der Waals surface area contributed by atoms with E-state index in [1.54, 1.807) is 19.1 Å². The molecule has 0 radical (unpaired) electrons. The zero-order chi connectivity index (χ0) is 23.4. The predicted octanol–water partition coefficient (Wildman–Crippen LogP) is 4.64. The summed E-state index contributed by atoms with van der Waals surface area (Å²) in [6.45, 7) is 1.88. The minimum atomic E-state index is -1.08. The fourth-order valence-electron chi connectivity index (χ4n) is 4.04. The summed E-state index contributed by atoms with van der Waals surface area (Å²) in [6, 6.07) is 21.4. The Kier molecular flexibility index (Phi) is 6.40. The summed E-state index contributed by atoms with van der Waals surface area (Å²) in [4.78, 5) is 35.7. The SMILES string of the molecule is CC[C@H](NC(=O)c1ccc(NC(=O)OCC2c3ccccc3-c3ccccc32)cc1)C(=O)O. The Balaban J connectivity index is 1.36. The van der Waals surface area contributed by atoms with Crippen LogP contribution in [0, 0.1) is 0 Å². The zero-order valence-electron chi connectivity index (χ0n) is 18.1. The van der Waals surface area contributed by atoms with Gasteiger partial charge in [-0.25, -0.2) is 9.59 Å². The van der Waals surface area contributed by atoms with Crippen LogP contribution in [0.1, 0.15) is 40.7 Å². The molecule has 168 valence electrons. The van der Waals surface area contributed by atoms with E-state index in [0.717, 1.165) is 22.3 Å². The summed E-state index contributed by atoms with van der Waals surface area (Å²) in [5.74, 6) is -1.61. The third kappa shape index (κ3) is 4.72. The Morgan fingerprint density at radius 2 is 1.48 bits per heavy atom. The molecule has 0 heterocycles. The van der Waals surface area contributed by atoms with Crippen molar-refractivity contribution in [3.63, 3.8) is 0 Å². The third-order valence-electron chi connectivity index (χ3n) is 5.75. The van der Waals surface area contributed by atoms with Crippen molar-refractivity contribution in [2.24, 2.45) is 0 Å². The summed E-state index contributed by atoms with van der Waals surface area (Å²) >= 11 is 0. The number of carbonyl (C=O) groups excluding carboxylic acids is 2. The number of carbonyl (C=O) groups is 3. The van der Waals surface area contributed by atoms with Crippen molar-refractivity contribution in [2.75, 3.05) is 11.9 Å². The quantitative estimate of drug-likeness (QED) is 0.492. The van der Waals surface area contributed by atoms with E-state index in [2.05, 4.69) is 34.9 Å². The first kappa shape index (κ1) is 22.1. The largest absolute Gasteiger partial charge is 0.480 e. The summed E-state index contributed by atoms with van der Waals surface area (Å²) in [6.07, 6.45) is -0.311. The van der Waals surface area contributed by atoms with Gasteiger partial charge in [-0.15, -0.1) is 0 Å². The number of nitrogens with one attached hydrogen (secondary N) is 2. The van der Waals surface area contributed by atoms with Gasteiger partial charge in [-0.2, -0.15) is 0 Å². The number of amides is 2. The van der Waals surface area contributed by atoms with Crippen molar-refractivity contribution >= 4 is 23.7 Å². The third-order valence-corrected chi connectivity index (χ3v) is 5.75. The van der Waals surface area contributed by atoms with E-state index in [-0.39, 0.29) is 18.9 Å². The second-order valence-corrected chi connectivity index (χ2v) is 7.80. The normalized spacial score (nSPS) is 12.9. The average molecular weight is 444 g/mol. The molecular weight excluding hydrogens is 420 g/mol. The molecule has 0 unspecified atom stereocenters. The van der Waals surface area contributed by atoms with Crippen molar-refractivity contribution in [3.8, 4) is 11.1 Å². The highest BCUT2D eigenvalue weighted by Gasteiger charge is 2.29. The number of benzene rings is 3. The second-order valence-electron chi connectivity index (χ2n) is 7.80. The van der Waals surface area contributed by atoms with E-state index in [0.29, 0.717) is 11.3 Å². The van der Waals surface area contributed by atoms with Gasteiger partial charge in [-0.1, -0.05) is 55.5 Å². The Hall–Kier alpha value is -4.13. The Morgan fingerprint density at radius 1 is 0.909 bits per heavy atom. The van der Waals surface area contributed by atoms with E-state index in [4.69, 9.17) is 9.84 Å². The molecule has 1 aliphatic carbocycles. The molecule has 7 nitrogen and oxygen atoms in total. The number of carboxylic acids is 1. The standard InChI is InChI=1S/C26H24N2O5/c1-2-23(25(30)31)28-24(29)16-11-13-17(14-12-16)27-26(32)33-15-22-20-9-5-3-7-18(20)19-8-4-6-10-21(19)22/h3-14,22-23H,2,15H2,1H3,(H,27,32)(H,28,29)(H,30,31)/t23-/m0/s1. The second kappa shape index (κ2) is 9.56. The van der Waals surface area contributed by atoms with E-state index in [9.17, 15) is 14.4 Å². The van der Waals surface area contributed by atoms with Gasteiger partial charge in [0.1, 0.15) is 12.6 Å². The van der Waals surface area contributed by atoms with Gasteiger partial charge < -0.3 is 15.2 Å². The molecule has 0 aromatic heterocycles. The highest BCUT2D eigenvalue weighted by molar-refractivity contribution is 5.97. The first-order valence-electron chi connectivity index (χ1n) is 10.7. The zero-order valence-corrected chi connectivity index (χ0v) is 18.1. The van der Waals surface area contributed by atoms with Crippen molar-refractivity contribution < 1.29 is 24.2 Å². The highest BCUT2D eigenvalue weighted by Crippen LogP contribution is 2.44. The van der Waals surface area contributed by atoms with Crippen LogP contribution < -0.4 is 10.6 Å². The van der Waals surface area contributed by atoms with Crippen LogP contribution in [0.25, 0.3) is 11.1 Å². The van der Waals surface area contributed by atoms with Crippen LogP contribution in [0.5, 0.6) is 0 Å². The van der Waals surface area contributed by atoms with Gasteiger partial charge in [0.2, 0.25) is 0 Å². The molecule has 3 N–H and O–H groups in total. The molecule has 0 fully saturated rings. The lowest BCUT2D eigenvalue weighted by molar-refractivity contribution is -0.139. The summed E-state index contributed by atoms with van der Waals surface area (Å²) in [7, 11) is 0. The molecule has 3 aromatic rings. The van der Waals surface area contributed by atoms with Crippen LogP contribution in [-0.2, 0) is 9.53 Å². The lowest BCUT2D eigenvalue weighted by Crippen LogP contribution is -2.40. The lowest BCUT2D eigenvalue weighted by Gasteiger charge is -2.15. The lowest BCUT2D eigenvalue weighted by atomic mass is 9.98. The van der Waals surface area contributed by atoms with Crippen LogP contribution in [-0.4, -0.2) is 35.7 Å². The maximum absolute atomic E-state index is 12.4. The predicted molar refractivity (Wildman–Crippen MR) is 124 cm³/mol. The Labute approximate surface area is 191 Å².